The van der Waals surface area contributed by atoms with E-state index in [0.29, 0.717) is 12.0 Å². The summed E-state index contributed by atoms with van der Waals surface area (Å²) in [5.41, 5.74) is 1.02. The number of aromatic nitrogens is 3. The normalized spacial score (nSPS) is 20.4. The van der Waals surface area contributed by atoms with Crippen LogP contribution in [0.1, 0.15) is 44.6 Å². The Morgan fingerprint density at radius 2 is 1.89 bits per heavy atom. The zero-order valence-corrected chi connectivity index (χ0v) is 17.5. The standard InChI is InChI=1S/C21H29N3O3S/c1-25-18-9-8-16(12-19(18)26-2)20-22-23-21(28-14-15-10-11-27-13-15)24(20)17-6-4-3-5-7-17/h8-9,12,15,17H,3-7,10-11,13-14H2,1-2H3/t15-/m0/s1. The van der Waals surface area contributed by atoms with E-state index in [4.69, 9.17) is 14.2 Å². The minimum Gasteiger partial charge on any atom is -0.493 e. The molecule has 2 fully saturated rings. The molecule has 7 heteroatoms. The molecule has 1 saturated heterocycles. The van der Waals surface area contributed by atoms with Crippen LogP contribution in [0.4, 0.5) is 0 Å². The third-order valence-corrected chi connectivity index (χ3v) is 6.89. The lowest BCUT2D eigenvalue weighted by atomic mass is 9.95. The molecule has 1 saturated carbocycles. The van der Waals surface area contributed by atoms with Gasteiger partial charge in [0.05, 0.1) is 20.8 Å². The van der Waals surface area contributed by atoms with Gasteiger partial charge in [0.15, 0.2) is 22.5 Å². The maximum atomic E-state index is 5.53. The Morgan fingerprint density at radius 1 is 1.07 bits per heavy atom. The van der Waals surface area contributed by atoms with Gasteiger partial charge in [-0.25, -0.2) is 0 Å². The van der Waals surface area contributed by atoms with Crippen LogP contribution in [0.15, 0.2) is 23.4 Å². The number of hydrogen-bond acceptors (Lipinski definition) is 6. The van der Waals surface area contributed by atoms with Gasteiger partial charge in [-0.15, -0.1) is 10.2 Å². The molecule has 1 aliphatic carbocycles. The van der Waals surface area contributed by atoms with Crippen molar-refractivity contribution in [2.75, 3.05) is 33.2 Å². The topological polar surface area (TPSA) is 58.4 Å². The Morgan fingerprint density at radius 3 is 2.61 bits per heavy atom. The molecule has 0 radical (unpaired) electrons. The maximum absolute atomic E-state index is 5.53. The fourth-order valence-electron chi connectivity index (χ4n) is 4.12. The second-order valence-corrected chi connectivity index (χ2v) is 8.57. The average molecular weight is 404 g/mol. The Bertz CT molecular complexity index is 783. The summed E-state index contributed by atoms with van der Waals surface area (Å²) in [4.78, 5) is 0. The summed E-state index contributed by atoms with van der Waals surface area (Å²) in [6, 6.07) is 6.46. The first-order valence-corrected chi connectivity index (χ1v) is 11.2. The fraction of sp³-hybridized carbons (Fsp3) is 0.619. The third kappa shape index (κ3) is 4.15. The molecule has 1 aromatic carbocycles. The SMILES string of the molecule is COc1ccc(-c2nnc(SC[C@H]3CCOC3)n2C2CCCCC2)cc1OC. The summed E-state index contributed by atoms with van der Waals surface area (Å²) in [6.45, 7) is 1.75. The minimum atomic E-state index is 0.467. The Hall–Kier alpha value is -1.73. The number of methoxy groups -OCH3 is 2. The smallest absolute Gasteiger partial charge is 0.191 e. The van der Waals surface area contributed by atoms with Gasteiger partial charge >= 0.3 is 0 Å². The van der Waals surface area contributed by atoms with Crippen LogP contribution < -0.4 is 9.47 Å². The van der Waals surface area contributed by atoms with Gasteiger partial charge in [0, 0.05) is 24.0 Å². The summed E-state index contributed by atoms with van der Waals surface area (Å²) in [5.74, 6) is 4.03. The first-order valence-electron chi connectivity index (χ1n) is 10.2. The Kier molecular flexibility index (Phi) is 6.42. The fourth-order valence-corrected chi connectivity index (χ4v) is 5.24. The van der Waals surface area contributed by atoms with E-state index in [0.717, 1.165) is 53.4 Å². The quantitative estimate of drug-likeness (QED) is 0.630. The molecule has 0 N–H and O–H groups in total. The van der Waals surface area contributed by atoms with E-state index in [1.807, 2.05) is 30.0 Å². The van der Waals surface area contributed by atoms with Crippen LogP contribution in [0, 0.1) is 5.92 Å². The number of benzene rings is 1. The lowest BCUT2D eigenvalue weighted by Gasteiger charge is -2.26. The van der Waals surface area contributed by atoms with Crippen molar-refractivity contribution in [3.05, 3.63) is 18.2 Å². The van der Waals surface area contributed by atoms with E-state index >= 15 is 0 Å². The van der Waals surface area contributed by atoms with E-state index in [9.17, 15) is 0 Å². The highest BCUT2D eigenvalue weighted by Crippen LogP contribution is 2.38. The Labute approximate surface area is 171 Å². The lowest BCUT2D eigenvalue weighted by molar-refractivity contribution is 0.189. The summed E-state index contributed by atoms with van der Waals surface area (Å²) < 4.78 is 18.8. The molecule has 0 spiro atoms. The predicted octanol–water partition coefficient (Wildman–Crippen LogP) is 4.60. The van der Waals surface area contributed by atoms with Crippen LogP contribution in [0.5, 0.6) is 11.5 Å². The molecule has 0 bridgehead atoms. The van der Waals surface area contributed by atoms with Crippen molar-refractivity contribution in [3.63, 3.8) is 0 Å². The largest absolute Gasteiger partial charge is 0.493 e. The van der Waals surface area contributed by atoms with E-state index < -0.39 is 0 Å². The molecular formula is C21H29N3O3S. The monoisotopic (exact) mass is 403 g/mol. The summed E-state index contributed by atoms with van der Waals surface area (Å²) in [7, 11) is 3.32. The van der Waals surface area contributed by atoms with E-state index in [-0.39, 0.29) is 0 Å². The van der Waals surface area contributed by atoms with Crippen molar-refractivity contribution in [2.45, 2.75) is 49.7 Å². The third-order valence-electron chi connectivity index (χ3n) is 5.72. The van der Waals surface area contributed by atoms with E-state index in [2.05, 4.69) is 14.8 Å². The molecule has 1 aliphatic heterocycles. The summed E-state index contributed by atoms with van der Waals surface area (Å²) in [5, 5.41) is 10.2. The first kappa shape index (κ1) is 19.6. The lowest BCUT2D eigenvalue weighted by Crippen LogP contribution is -2.15. The molecule has 0 amide bonds. The maximum Gasteiger partial charge on any atom is 0.191 e. The highest BCUT2D eigenvalue weighted by atomic mass is 32.2. The molecule has 4 rings (SSSR count). The van der Waals surface area contributed by atoms with Crippen molar-refractivity contribution >= 4 is 11.8 Å². The number of nitrogens with zero attached hydrogens (tertiary/aromatic N) is 3. The van der Waals surface area contributed by atoms with Crippen LogP contribution in [-0.2, 0) is 4.74 Å². The minimum absolute atomic E-state index is 0.467. The molecule has 2 heterocycles. The van der Waals surface area contributed by atoms with Gasteiger partial charge in [-0.2, -0.15) is 0 Å². The van der Waals surface area contributed by atoms with E-state index in [1.165, 1.54) is 32.1 Å². The van der Waals surface area contributed by atoms with Gasteiger partial charge in [0.1, 0.15) is 0 Å². The highest BCUT2D eigenvalue weighted by Gasteiger charge is 2.25. The molecule has 152 valence electrons. The van der Waals surface area contributed by atoms with Gasteiger partial charge in [0.2, 0.25) is 0 Å². The molecule has 0 unspecified atom stereocenters. The molecule has 1 aromatic heterocycles. The van der Waals surface area contributed by atoms with Crippen molar-refractivity contribution in [1.82, 2.24) is 14.8 Å². The Balaban J connectivity index is 1.65. The average Bonchev–Trinajstić information content (AvgIpc) is 3.42. The first-order chi connectivity index (χ1) is 13.8. The molecule has 1 atom stereocenters. The van der Waals surface area contributed by atoms with Gasteiger partial charge in [-0.05, 0) is 43.4 Å². The van der Waals surface area contributed by atoms with Gasteiger partial charge in [-0.3, -0.25) is 4.57 Å². The van der Waals surface area contributed by atoms with E-state index in [1.54, 1.807) is 14.2 Å². The van der Waals surface area contributed by atoms with Crippen LogP contribution in [0.2, 0.25) is 0 Å². The van der Waals surface area contributed by atoms with Gasteiger partial charge in [0.25, 0.3) is 0 Å². The summed E-state index contributed by atoms with van der Waals surface area (Å²) in [6.07, 6.45) is 7.40. The van der Waals surface area contributed by atoms with Gasteiger partial charge < -0.3 is 14.2 Å². The number of thioether (sulfide) groups is 1. The predicted molar refractivity (Wildman–Crippen MR) is 110 cm³/mol. The van der Waals surface area contributed by atoms with Crippen LogP contribution in [-0.4, -0.2) is 48.0 Å². The van der Waals surface area contributed by atoms with Crippen molar-refractivity contribution in [2.24, 2.45) is 5.92 Å². The zero-order valence-electron chi connectivity index (χ0n) is 16.7. The number of hydrogen-bond donors (Lipinski definition) is 0. The molecule has 2 aromatic rings. The van der Waals surface area contributed by atoms with Crippen LogP contribution in [0.25, 0.3) is 11.4 Å². The number of rotatable bonds is 7. The van der Waals surface area contributed by atoms with Crippen LogP contribution >= 0.6 is 11.8 Å². The second-order valence-electron chi connectivity index (χ2n) is 7.58. The van der Waals surface area contributed by atoms with Gasteiger partial charge in [-0.1, -0.05) is 31.0 Å². The van der Waals surface area contributed by atoms with Crippen molar-refractivity contribution < 1.29 is 14.2 Å². The zero-order chi connectivity index (χ0) is 19.3. The van der Waals surface area contributed by atoms with Crippen molar-refractivity contribution in [1.29, 1.82) is 0 Å². The summed E-state index contributed by atoms with van der Waals surface area (Å²) >= 11 is 1.82. The molecule has 28 heavy (non-hydrogen) atoms. The van der Waals surface area contributed by atoms with Crippen LogP contribution in [0.3, 0.4) is 0 Å². The highest BCUT2D eigenvalue weighted by molar-refractivity contribution is 7.99. The number of ether oxygens (including phenoxy) is 3. The molecule has 2 aliphatic rings. The van der Waals surface area contributed by atoms with Crippen molar-refractivity contribution in [3.8, 4) is 22.9 Å². The molecular weight excluding hydrogens is 374 g/mol. The molecule has 6 nitrogen and oxygen atoms in total. The second kappa shape index (κ2) is 9.18.